The van der Waals surface area contributed by atoms with E-state index in [9.17, 15) is 4.79 Å². The van der Waals surface area contributed by atoms with Gasteiger partial charge in [-0.3, -0.25) is 4.79 Å². The van der Waals surface area contributed by atoms with E-state index in [-0.39, 0.29) is 5.91 Å². The summed E-state index contributed by atoms with van der Waals surface area (Å²) in [6, 6.07) is 30.9. The number of anilines is 1. The van der Waals surface area contributed by atoms with Crippen molar-refractivity contribution in [2.75, 3.05) is 12.4 Å². The maximum Gasteiger partial charge on any atom is 0.256 e. The van der Waals surface area contributed by atoms with Crippen LogP contribution in [0.3, 0.4) is 0 Å². The van der Waals surface area contributed by atoms with Crippen LogP contribution in [-0.2, 0) is 4.79 Å². The fourth-order valence-corrected chi connectivity index (χ4v) is 3.77. The number of para-hydroxylation sites is 1. The zero-order chi connectivity index (χ0) is 21.9. The first-order valence-electron chi connectivity index (χ1n) is 10.3. The summed E-state index contributed by atoms with van der Waals surface area (Å²) in [5.74, 6) is 0.578. The van der Waals surface area contributed by atoms with Gasteiger partial charge in [0, 0.05) is 28.1 Å². The van der Waals surface area contributed by atoms with Crippen LogP contribution in [0.25, 0.3) is 33.6 Å². The Kier molecular flexibility index (Phi) is 5.18. The molecule has 0 unspecified atom stereocenters. The van der Waals surface area contributed by atoms with E-state index in [1.165, 1.54) is 0 Å². The number of ether oxygens (including phenoxy) is 1. The first-order chi connectivity index (χ1) is 15.7. The molecule has 1 N–H and O–H groups in total. The highest BCUT2D eigenvalue weighted by Crippen LogP contribution is 2.31. The number of rotatable bonds is 5. The molecular weight excluding hydrogens is 398 g/mol. The van der Waals surface area contributed by atoms with Crippen molar-refractivity contribution < 1.29 is 13.9 Å². The van der Waals surface area contributed by atoms with Crippen LogP contribution < -0.4 is 10.1 Å². The van der Waals surface area contributed by atoms with Crippen LogP contribution in [0, 0.1) is 0 Å². The molecule has 5 rings (SSSR count). The van der Waals surface area contributed by atoms with Gasteiger partial charge in [-0.2, -0.15) is 0 Å². The molecule has 4 nitrogen and oxygen atoms in total. The van der Waals surface area contributed by atoms with Crippen LogP contribution in [0.4, 0.5) is 5.69 Å². The van der Waals surface area contributed by atoms with E-state index in [0.717, 1.165) is 38.8 Å². The molecular formula is C28H21NO3. The van der Waals surface area contributed by atoms with Crippen LogP contribution in [0.2, 0.25) is 0 Å². The molecule has 0 radical (unpaired) electrons. The molecule has 0 spiro atoms. The van der Waals surface area contributed by atoms with Gasteiger partial charge >= 0.3 is 0 Å². The van der Waals surface area contributed by atoms with E-state index in [4.69, 9.17) is 9.15 Å². The number of hydrogen-bond acceptors (Lipinski definition) is 3. The third kappa shape index (κ3) is 3.86. The van der Waals surface area contributed by atoms with Gasteiger partial charge in [-0.05, 0) is 47.5 Å². The maximum absolute atomic E-state index is 13.3. The number of carbonyl (C=O) groups excluding carboxylic acids is 1. The molecule has 0 aliphatic rings. The Morgan fingerprint density at radius 3 is 2.31 bits per heavy atom. The second-order valence-corrected chi connectivity index (χ2v) is 7.46. The average Bonchev–Trinajstić information content (AvgIpc) is 3.21. The smallest absolute Gasteiger partial charge is 0.256 e. The number of carbonyl (C=O) groups is 1. The second-order valence-electron chi connectivity index (χ2n) is 7.46. The first kappa shape index (κ1) is 19.6. The predicted molar refractivity (Wildman–Crippen MR) is 130 cm³/mol. The summed E-state index contributed by atoms with van der Waals surface area (Å²) >= 11 is 0. The standard InChI is InChI=1S/C28H21NO3/c1-31-22-14-11-19(12-15-22)17-25(20-7-3-2-4-8-20)28(30)29-21-13-16-24-23-9-5-6-10-26(23)32-27(24)18-21/h2-18H,1H3,(H,29,30)/b25-17+. The summed E-state index contributed by atoms with van der Waals surface area (Å²) in [5.41, 5.74) is 4.57. The van der Waals surface area contributed by atoms with Gasteiger partial charge < -0.3 is 14.5 Å². The maximum atomic E-state index is 13.3. The molecule has 1 amide bonds. The molecule has 4 heteroatoms. The molecule has 0 atom stereocenters. The third-order valence-electron chi connectivity index (χ3n) is 5.39. The highest BCUT2D eigenvalue weighted by atomic mass is 16.5. The Morgan fingerprint density at radius 2 is 1.53 bits per heavy atom. The van der Waals surface area contributed by atoms with Crippen molar-refractivity contribution in [3.8, 4) is 5.75 Å². The SMILES string of the molecule is COc1ccc(/C=C(/C(=O)Nc2ccc3c(c2)oc2ccccc23)c2ccccc2)cc1. The second kappa shape index (κ2) is 8.44. The van der Waals surface area contributed by atoms with Gasteiger partial charge in [0.1, 0.15) is 16.9 Å². The lowest BCUT2D eigenvalue weighted by Gasteiger charge is -2.10. The summed E-state index contributed by atoms with van der Waals surface area (Å²) in [6.07, 6.45) is 1.88. The number of furan rings is 1. The van der Waals surface area contributed by atoms with E-state index in [0.29, 0.717) is 11.3 Å². The van der Waals surface area contributed by atoms with Gasteiger partial charge in [0.25, 0.3) is 5.91 Å². The van der Waals surface area contributed by atoms with Crippen molar-refractivity contribution in [1.29, 1.82) is 0 Å². The number of fused-ring (bicyclic) bond motifs is 3. The monoisotopic (exact) mass is 419 g/mol. The molecule has 32 heavy (non-hydrogen) atoms. The number of methoxy groups -OCH3 is 1. The Hall–Kier alpha value is -4.31. The largest absolute Gasteiger partial charge is 0.497 e. The highest BCUT2D eigenvalue weighted by molar-refractivity contribution is 6.29. The molecule has 5 aromatic rings. The zero-order valence-corrected chi connectivity index (χ0v) is 17.5. The van der Waals surface area contributed by atoms with E-state index in [1.807, 2.05) is 103 Å². The van der Waals surface area contributed by atoms with Crippen LogP contribution >= 0.6 is 0 Å². The number of nitrogens with one attached hydrogen (secondary N) is 1. The number of amides is 1. The fourth-order valence-electron chi connectivity index (χ4n) is 3.77. The van der Waals surface area contributed by atoms with Crippen LogP contribution in [0.5, 0.6) is 5.75 Å². The van der Waals surface area contributed by atoms with Crippen molar-refractivity contribution in [3.63, 3.8) is 0 Å². The van der Waals surface area contributed by atoms with Crippen LogP contribution in [-0.4, -0.2) is 13.0 Å². The Labute approximate surface area is 185 Å². The minimum absolute atomic E-state index is 0.192. The normalized spacial score (nSPS) is 11.6. The van der Waals surface area contributed by atoms with Crippen molar-refractivity contribution in [2.45, 2.75) is 0 Å². The molecule has 0 saturated carbocycles. The van der Waals surface area contributed by atoms with Gasteiger partial charge in [0.2, 0.25) is 0 Å². The minimum Gasteiger partial charge on any atom is -0.497 e. The van der Waals surface area contributed by atoms with Crippen LogP contribution in [0.15, 0.2) is 101 Å². The quantitative estimate of drug-likeness (QED) is 0.252. The topological polar surface area (TPSA) is 51.5 Å². The fraction of sp³-hybridized carbons (Fsp3) is 0.0357. The molecule has 0 aliphatic heterocycles. The van der Waals surface area contributed by atoms with Crippen molar-refractivity contribution in [2.24, 2.45) is 0 Å². The minimum atomic E-state index is -0.192. The third-order valence-corrected chi connectivity index (χ3v) is 5.39. The van der Waals surface area contributed by atoms with Gasteiger partial charge in [0.05, 0.1) is 7.11 Å². The van der Waals surface area contributed by atoms with E-state index >= 15 is 0 Å². The Morgan fingerprint density at radius 1 is 0.812 bits per heavy atom. The Balaban J connectivity index is 1.49. The molecule has 0 fully saturated rings. The molecule has 1 heterocycles. The average molecular weight is 419 g/mol. The Bertz CT molecular complexity index is 1430. The summed E-state index contributed by atoms with van der Waals surface area (Å²) in [5, 5.41) is 5.11. The molecule has 0 aliphatic carbocycles. The van der Waals surface area contributed by atoms with Gasteiger partial charge in [0.15, 0.2) is 0 Å². The summed E-state index contributed by atoms with van der Waals surface area (Å²) in [4.78, 5) is 13.3. The molecule has 156 valence electrons. The van der Waals surface area contributed by atoms with Crippen molar-refractivity contribution >= 4 is 45.2 Å². The van der Waals surface area contributed by atoms with Crippen molar-refractivity contribution in [1.82, 2.24) is 0 Å². The molecule has 1 aromatic heterocycles. The lowest BCUT2D eigenvalue weighted by Crippen LogP contribution is -2.13. The van der Waals surface area contributed by atoms with E-state index in [2.05, 4.69) is 5.32 Å². The first-order valence-corrected chi connectivity index (χ1v) is 10.3. The van der Waals surface area contributed by atoms with E-state index < -0.39 is 0 Å². The van der Waals surface area contributed by atoms with E-state index in [1.54, 1.807) is 7.11 Å². The summed E-state index contributed by atoms with van der Waals surface area (Å²) in [6.45, 7) is 0. The number of benzene rings is 4. The lowest BCUT2D eigenvalue weighted by atomic mass is 10.0. The predicted octanol–water partition coefficient (Wildman–Crippen LogP) is 6.77. The molecule has 0 bridgehead atoms. The summed E-state index contributed by atoms with van der Waals surface area (Å²) in [7, 11) is 1.63. The number of hydrogen-bond donors (Lipinski definition) is 1. The van der Waals surface area contributed by atoms with Crippen molar-refractivity contribution in [3.05, 3.63) is 108 Å². The molecule has 4 aromatic carbocycles. The highest BCUT2D eigenvalue weighted by Gasteiger charge is 2.14. The lowest BCUT2D eigenvalue weighted by molar-refractivity contribution is -0.111. The van der Waals surface area contributed by atoms with Gasteiger partial charge in [-0.15, -0.1) is 0 Å². The van der Waals surface area contributed by atoms with Crippen LogP contribution in [0.1, 0.15) is 11.1 Å². The summed E-state index contributed by atoms with van der Waals surface area (Å²) < 4.78 is 11.2. The van der Waals surface area contributed by atoms with Gasteiger partial charge in [-0.1, -0.05) is 60.7 Å². The molecule has 0 saturated heterocycles. The zero-order valence-electron chi connectivity index (χ0n) is 17.5. The van der Waals surface area contributed by atoms with Gasteiger partial charge in [-0.25, -0.2) is 0 Å².